The van der Waals surface area contributed by atoms with E-state index in [1.54, 1.807) is 0 Å². The fraction of sp³-hybridized carbons (Fsp3) is 0.379. The molecule has 5 heteroatoms. The first-order valence-corrected chi connectivity index (χ1v) is 13.3. The Balaban J connectivity index is 1.56. The number of nitrogens with zero attached hydrogens (tertiary/aromatic N) is 1. The lowest BCUT2D eigenvalue weighted by Crippen LogP contribution is -2.25. The fourth-order valence-electron chi connectivity index (χ4n) is 5.01. The summed E-state index contributed by atoms with van der Waals surface area (Å²) in [5.74, 6) is 1.71. The minimum Gasteiger partial charge on any atom is -0.508 e. The monoisotopic (exact) mass is 570 g/mol. The maximum Gasteiger partial charge on any atom is 0.192 e. The molecule has 0 saturated heterocycles. The molecule has 0 radical (unpaired) electrons. The Morgan fingerprint density at radius 2 is 1.79 bits per heavy atom. The van der Waals surface area contributed by atoms with Crippen LogP contribution in [0.3, 0.4) is 0 Å². The van der Waals surface area contributed by atoms with Gasteiger partial charge >= 0.3 is 0 Å². The largest absolute Gasteiger partial charge is 0.508 e. The number of aromatic hydroxyl groups is 1. The van der Waals surface area contributed by atoms with Gasteiger partial charge in [-0.1, -0.05) is 43.3 Å². The van der Waals surface area contributed by atoms with Gasteiger partial charge in [0, 0.05) is 24.8 Å². The van der Waals surface area contributed by atoms with Crippen molar-refractivity contribution < 1.29 is 8.17 Å². The van der Waals surface area contributed by atoms with Gasteiger partial charge < -0.3 is 18.4 Å². The van der Waals surface area contributed by atoms with Crippen LogP contribution in [-0.2, 0) is 25.8 Å². The van der Waals surface area contributed by atoms with E-state index < -0.39 is 0 Å². The first-order valence-electron chi connectivity index (χ1n) is 12.4. The van der Waals surface area contributed by atoms with Gasteiger partial charge in [0.1, 0.15) is 11.5 Å². The minimum absolute atomic E-state index is 0.367. The number of fused-ring (bicyclic) bond motifs is 1. The maximum atomic E-state index is 9.86. The first-order chi connectivity index (χ1) is 16.6. The molecule has 2 N–H and O–H groups in total. The second kappa shape index (κ2) is 11.9. The highest BCUT2D eigenvalue weighted by molar-refractivity contribution is 14.1. The van der Waals surface area contributed by atoms with Crippen molar-refractivity contribution in [3.63, 3.8) is 0 Å². The summed E-state index contributed by atoms with van der Waals surface area (Å²) in [5.41, 5.74) is 7.99. The molecule has 0 saturated carbocycles. The van der Waals surface area contributed by atoms with E-state index in [4.69, 9.17) is 3.07 Å². The normalized spacial score (nSPS) is 15.1. The van der Waals surface area contributed by atoms with E-state index in [1.165, 1.54) is 33.5 Å². The second-order valence-corrected chi connectivity index (χ2v) is 9.57. The third-order valence-corrected chi connectivity index (χ3v) is 7.42. The van der Waals surface area contributed by atoms with Crippen LogP contribution in [-0.4, -0.2) is 24.7 Å². The van der Waals surface area contributed by atoms with Crippen molar-refractivity contribution in [3.05, 3.63) is 88.5 Å². The lowest BCUT2D eigenvalue weighted by Gasteiger charge is -2.32. The number of likely N-dealkylation sites (N-methyl/N-ethyl adjacent to an activating group) is 1. The summed E-state index contributed by atoms with van der Waals surface area (Å²) < 4.78 is 5.58. The minimum atomic E-state index is 0.367. The van der Waals surface area contributed by atoms with Crippen molar-refractivity contribution in [1.29, 1.82) is 0 Å². The maximum absolute atomic E-state index is 9.86. The summed E-state index contributed by atoms with van der Waals surface area (Å²) >= 11 is 1.97. The topological polar surface area (TPSA) is 44.7 Å². The van der Waals surface area contributed by atoms with Crippen molar-refractivity contribution in [3.8, 4) is 11.5 Å². The van der Waals surface area contributed by atoms with Gasteiger partial charge in [-0.25, -0.2) is 0 Å². The summed E-state index contributed by atoms with van der Waals surface area (Å²) in [6.07, 6.45) is 4.15. The molecule has 1 aliphatic rings. The molecular formula is C29H35IN2O2. The van der Waals surface area contributed by atoms with Crippen LogP contribution in [0.2, 0.25) is 0 Å². The van der Waals surface area contributed by atoms with Crippen LogP contribution in [0.25, 0.3) is 0 Å². The van der Waals surface area contributed by atoms with Gasteiger partial charge in [-0.15, -0.1) is 0 Å². The third-order valence-electron chi connectivity index (χ3n) is 6.91. The van der Waals surface area contributed by atoms with Crippen molar-refractivity contribution in [2.45, 2.75) is 52.0 Å². The summed E-state index contributed by atoms with van der Waals surface area (Å²) in [7, 11) is 0. The molecule has 3 aromatic carbocycles. The number of aryl methyl sites for hydroxylation is 1. The fourth-order valence-corrected chi connectivity index (χ4v) is 5.28. The van der Waals surface area contributed by atoms with Gasteiger partial charge in [-0.05, 0) is 97.6 Å². The van der Waals surface area contributed by atoms with E-state index in [-0.39, 0.29) is 0 Å². The Kier molecular flexibility index (Phi) is 8.73. The number of halogens is 1. The number of phenols is 1. The van der Waals surface area contributed by atoms with Gasteiger partial charge in [-0.3, -0.25) is 0 Å². The number of nitrogens with one attached hydrogen (secondary N) is 1. The molecule has 0 amide bonds. The van der Waals surface area contributed by atoms with Crippen LogP contribution in [0.15, 0.2) is 60.7 Å². The zero-order valence-electron chi connectivity index (χ0n) is 20.2. The van der Waals surface area contributed by atoms with Gasteiger partial charge in [0.15, 0.2) is 23.0 Å². The van der Waals surface area contributed by atoms with E-state index in [2.05, 4.69) is 72.6 Å². The molecule has 34 heavy (non-hydrogen) atoms. The molecule has 1 aliphatic carbocycles. The average Bonchev–Trinajstić information content (AvgIpc) is 2.87. The van der Waals surface area contributed by atoms with Gasteiger partial charge in [-0.2, -0.15) is 0 Å². The van der Waals surface area contributed by atoms with Crippen LogP contribution in [0.1, 0.15) is 54.0 Å². The lowest BCUT2D eigenvalue weighted by molar-refractivity contribution is 0.472. The molecule has 3 aromatic rings. The molecule has 4 nitrogen and oxygen atoms in total. The Hall–Kier alpha value is -2.25. The Morgan fingerprint density at radius 3 is 2.53 bits per heavy atom. The SMILES string of the molecule is CCNCCc1ccc(CN(CC)c2cc(OI)ccc2[C@@H]2CCc3cc(O)ccc3C2)cc1. The van der Waals surface area contributed by atoms with Crippen LogP contribution >= 0.6 is 23.0 Å². The summed E-state index contributed by atoms with van der Waals surface area (Å²) in [6.45, 7) is 8.21. The Bertz CT molecular complexity index is 1080. The standard InChI is InChI=1S/C29H35IN2O2/c1-3-31-16-15-21-5-7-22(8-6-21)20-32(4-2)29-19-27(34-30)13-14-28(29)25-10-9-24-18-26(33)12-11-23(24)17-25/h5-8,11-14,18-19,25,31,33H,3-4,9-10,15-17,20H2,1-2H3/t25-/m1/s1. The number of rotatable bonds is 10. The second-order valence-electron chi connectivity index (χ2n) is 9.12. The number of benzene rings is 3. The molecule has 0 bridgehead atoms. The molecule has 1 atom stereocenters. The Morgan fingerprint density at radius 1 is 1.00 bits per heavy atom. The smallest absolute Gasteiger partial charge is 0.192 e. The summed E-state index contributed by atoms with van der Waals surface area (Å²) in [4.78, 5) is 2.47. The van der Waals surface area contributed by atoms with Crippen molar-refractivity contribution in [2.75, 3.05) is 24.5 Å². The molecule has 0 heterocycles. The summed E-state index contributed by atoms with van der Waals surface area (Å²) in [6, 6.07) is 21.4. The van der Waals surface area contributed by atoms with Gasteiger partial charge in [0.25, 0.3) is 0 Å². The zero-order valence-corrected chi connectivity index (χ0v) is 22.3. The van der Waals surface area contributed by atoms with Crippen LogP contribution in [0, 0.1) is 0 Å². The molecule has 0 fully saturated rings. The van der Waals surface area contributed by atoms with E-state index in [0.717, 1.165) is 57.6 Å². The highest BCUT2D eigenvalue weighted by Gasteiger charge is 2.24. The number of hydrogen-bond acceptors (Lipinski definition) is 4. The van der Waals surface area contributed by atoms with Crippen LogP contribution < -0.4 is 13.3 Å². The van der Waals surface area contributed by atoms with E-state index in [0.29, 0.717) is 11.7 Å². The van der Waals surface area contributed by atoms with Gasteiger partial charge in [0.2, 0.25) is 0 Å². The number of phenolic OH excluding ortho intramolecular Hbond substituents is 1. The van der Waals surface area contributed by atoms with E-state index in [1.807, 2.05) is 35.1 Å². The lowest BCUT2D eigenvalue weighted by atomic mass is 9.79. The zero-order chi connectivity index (χ0) is 23.9. The third kappa shape index (κ3) is 6.05. The predicted octanol–water partition coefficient (Wildman–Crippen LogP) is 6.57. The van der Waals surface area contributed by atoms with Crippen LogP contribution in [0.5, 0.6) is 11.5 Å². The predicted molar refractivity (Wildman–Crippen MR) is 149 cm³/mol. The van der Waals surface area contributed by atoms with Crippen molar-refractivity contribution >= 4 is 28.7 Å². The highest BCUT2D eigenvalue weighted by atomic mass is 127. The molecule has 180 valence electrons. The number of hydrogen-bond donors (Lipinski definition) is 2. The van der Waals surface area contributed by atoms with E-state index in [9.17, 15) is 5.11 Å². The molecule has 0 spiro atoms. The molecule has 0 unspecified atom stereocenters. The van der Waals surface area contributed by atoms with Crippen LogP contribution in [0.4, 0.5) is 5.69 Å². The molecule has 4 rings (SSSR count). The van der Waals surface area contributed by atoms with Gasteiger partial charge in [0.05, 0.1) is 0 Å². The highest BCUT2D eigenvalue weighted by Crippen LogP contribution is 2.40. The quantitative estimate of drug-likeness (QED) is 0.214. The molecular weight excluding hydrogens is 535 g/mol. The number of anilines is 1. The van der Waals surface area contributed by atoms with Crippen molar-refractivity contribution in [1.82, 2.24) is 5.32 Å². The first kappa shape index (κ1) is 24.9. The molecule has 0 aromatic heterocycles. The molecule has 0 aliphatic heterocycles. The average molecular weight is 571 g/mol. The Labute approximate surface area is 218 Å². The van der Waals surface area contributed by atoms with E-state index >= 15 is 0 Å². The summed E-state index contributed by atoms with van der Waals surface area (Å²) in [5, 5.41) is 13.3. The van der Waals surface area contributed by atoms with Crippen molar-refractivity contribution in [2.24, 2.45) is 0 Å².